The molecular weight excluding hydrogens is 280 g/mol. The van der Waals surface area contributed by atoms with Gasteiger partial charge in [0.2, 0.25) is 0 Å². The highest BCUT2D eigenvalue weighted by Gasteiger charge is 2.36. The Hall–Kier alpha value is -1.59. The predicted molar refractivity (Wildman–Crippen MR) is 85.0 cm³/mol. The maximum atomic E-state index is 11.8. The van der Waals surface area contributed by atoms with E-state index in [0.29, 0.717) is 19.4 Å². The molecule has 5 heteroatoms. The highest BCUT2D eigenvalue weighted by molar-refractivity contribution is 5.77. The Kier molecular flexibility index (Phi) is 5.42. The second-order valence-electron chi connectivity index (χ2n) is 6.41. The lowest BCUT2D eigenvalue weighted by Gasteiger charge is -2.36. The number of likely N-dealkylation sites (tertiary alicyclic amines) is 1. The van der Waals surface area contributed by atoms with E-state index >= 15 is 0 Å². The monoisotopic (exact) mass is 307 g/mol. The third kappa shape index (κ3) is 4.21. The van der Waals surface area contributed by atoms with E-state index in [1.54, 1.807) is 7.11 Å². The van der Waals surface area contributed by atoms with Crippen molar-refractivity contribution in [2.45, 2.75) is 38.3 Å². The summed E-state index contributed by atoms with van der Waals surface area (Å²) in [7, 11) is 1.63. The highest BCUT2D eigenvalue weighted by atomic mass is 16.5. The average Bonchev–Trinajstić information content (AvgIpc) is 2.49. The molecule has 1 heterocycles. The number of aliphatic hydroxyl groups is 1. The number of hydrogen-bond acceptors (Lipinski definition) is 3. The van der Waals surface area contributed by atoms with Crippen molar-refractivity contribution in [3.8, 4) is 5.75 Å². The number of hydrogen-bond donors (Lipinski definition) is 3. The number of ether oxygens (including phenoxy) is 1. The average molecular weight is 307 g/mol. The third-order valence-electron chi connectivity index (χ3n) is 4.25. The van der Waals surface area contributed by atoms with Crippen molar-refractivity contribution in [2.24, 2.45) is 0 Å². The van der Waals surface area contributed by atoms with Crippen LogP contribution in [0.15, 0.2) is 24.3 Å². The van der Waals surface area contributed by atoms with Crippen LogP contribution in [0.25, 0.3) is 0 Å². The van der Waals surface area contributed by atoms with Crippen molar-refractivity contribution in [2.75, 3.05) is 26.7 Å². The summed E-state index contributed by atoms with van der Waals surface area (Å²) in [6, 6.07) is 7.80. The van der Waals surface area contributed by atoms with Gasteiger partial charge in [0.25, 0.3) is 5.91 Å². The van der Waals surface area contributed by atoms with Gasteiger partial charge in [-0.2, -0.15) is 0 Å². The van der Waals surface area contributed by atoms with Crippen LogP contribution in [0.3, 0.4) is 0 Å². The Bertz CT molecular complexity index is 508. The maximum Gasteiger partial charge on any atom is 0.275 e. The van der Waals surface area contributed by atoms with Crippen LogP contribution in [0.2, 0.25) is 0 Å². The van der Waals surface area contributed by atoms with E-state index in [2.05, 4.69) is 5.32 Å². The van der Waals surface area contributed by atoms with Gasteiger partial charge in [0.1, 0.15) is 11.4 Å². The number of methoxy groups -OCH3 is 1. The lowest BCUT2D eigenvalue weighted by atomic mass is 9.84. The molecule has 1 aliphatic rings. The zero-order valence-corrected chi connectivity index (χ0v) is 13.7. The summed E-state index contributed by atoms with van der Waals surface area (Å²) in [4.78, 5) is 13.1. The minimum Gasteiger partial charge on any atom is -0.497 e. The number of quaternary nitrogens is 1. The Labute approximate surface area is 132 Å². The van der Waals surface area contributed by atoms with Gasteiger partial charge in [-0.1, -0.05) is 12.1 Å². The normalized spacial score (nSPS) is 25.0. The second kappa shape index (κ2) is 7.11. The molecule has 0 spiro atoms. The molecule has 0 radical (unpaired) electrons. The van der Waals surface area contributed by atoms with E-state index in [1.165, 1.54) is 4.90 Å². The van der Waals surface area contributed by atoms with Crippen molar-refractivity contribution < 1.29 is 19.5 Å². The zero-order chi connectivity index (χ0) is 16.2. The van der Waals surface area contributed by atoms with E-state index < -0.39 is 5.60 Å². The third-order valence-corrected chi connectivity index (χ3v) is 4.25. The Morgan fingerprint density at radius 3 is 2.68 bits per heavy atom. The van der Waals surface area contributed by atoms with Crippen molar-refractivity contribution in [1.82, 2.24) is 5.32 Å². The summed E-state index contributed by atoms with van der Waals surface area (Å²) in [6.45, 7) is 5.99. The van der Waals surface area contributed by atoms with Gasteiger partial charge in [0.05, 0.1) is 20.2 Å². The fourth-order valence-electron chi connectivity index (χ4n) is 3.00. The number of rotatable bonds is 5. The van der Waals surface area contributed by atoms with Gasteiger partial charge >= 0.3 is 0 Å². The number of nitrogens with one attached hydrogen (secondary N) is 2. The summed E-state index contributed by atoms with van der Waals surface area (Å²) in [5, 5.41) is 13.8. The van der Waals surface area contributed by atoms with Gasteiger partial charge in [-0.05, 0) is 31.5 Å². The molecule has 1 aromatic rings. The number of carbonyl (C=O) groups excluding carboxylic acids is 1. The summed E-state index contributed by atoms with van der Waals surface area (Å²) in [5.41, 5.74) is 0.0876. The molecule has 22 heavy (non-hydrogen) atoms. The number of carbonyl (C=O) groups is 1. The topological polar surface area (TPSA) is 63.0 Å². The van der Waals surface area contributed by atoms with Gasteiger partial charge in [0.15, 0.2) is 6.54 Å². The minimum absolute atomic E-state index is 0.0804. The van der Waals surface area contributed by atoms with Crippen LogP contribution >= 0.6 is 0 Å². The lowest BCUT2D eigenvalue weighted by molar-refractivity contribution is -0.900. The van der Waals surface area contributed by atoms with Crippen molar-refractivity contribution in [3.63, 3.8) is 0 Å². The number of amides is 1. The highest BCUT2D eigenvalue weighted by Crippen LogP contribution is 2.31. The molecule has 1 saturated heterocycles. The van der Waals surface area contributed by atoms with Crippen LogP contribution in [0.4, 0.5) is 0 Å². The van der Waals surface area contributed by atoms with Crippen LogP contribution in [0, 0.1) is 0 Å². The predicted octanol–water partition coefficient (Wildman–Crippen LogP) is 0.0861. The molecule has 1 aliphatic heterocycles. The molecular formula is C17H27N2O3+. The molecule has 0 bridgehead atoms. The van der Waals surface area contributed by atoms with Gasteiger partial charge in [-0.25, -0.2) is 0 Å². The first-order valence-corrected chi connectivity index (χ1v) is 7.93. The second-order valence-corrected chi connectivity index (χ2v) is 6.41. The fraction of sp³-hybridized carbons (Fsp3) is 0.588. The van der Waals surface area contributed by atoms with Gasteiger partial charge in [-0.15, -0.1) is 0 Å². The molecule has 0 saturated carbocycles. The van der Waals surface area contributed by atoms with Crippen LogP contribution in [0.5, 0.6) is 5.75 Å². The van der Waals surface area contributed by atoms with E-state index in [9.17, 15) is 9.90 Å². The maximum absolute atomic E-state index is 11.8. The summed E-state index contributed by atoms with van der Waals surface area (Å²) in [5.74, 6) is 0.842. The molecule has 3 N–H and O–H groups in total. The summed E-state index contributed by atoms with van der Waals surface area (Å²) in [6.07, 6.45) is 1.31. The molecule has 0 aromatic heterocycles. The molecule has 5 nitrogen and oxygen atoms in total. The smallest absolute Gasteiger partial charge is 0.275 e. The Morgan fingerprint density at radius 2 is 2.09 bits per heavy atom. The van der Waals surface area contributed by atoms with E-state index in [0.717, 1.165) is 24.4 Å². The van der Waals surface area contributed by atoms with E-state index in [-0.39, 0.29) is 11.9 Å². The molecule has 1 fully saturated rings. The summed E-state index contributed by atoms with van der Waals surface area (Å²) < 4.78 is 5.23. The molecule has 0 unspecified atom stereocenters. The van der Waals surface area contributed by atoms with Crippen molar-refractivity contribution in [1.29, 1.82) is 0 Å². The summed E-state index contributed by atoms with van der Waals surface area (Å²) >= 11 is 0. The fourth-order valence-corrected chi connectivity index (χ4v) is 3.00. The molecule has 1 amide bonds. The lowest BCUT2D eigenvalue weighted by Crippen LogP contribution is -3.14. The molecule has 1 aromatic carbocycles. The first kappa shape index (κ1) is 16.8. The number of piperidine rings is 1. The zero-order valence-electron chi connectivity index (χ0n) is 13.7. The Morgan fingerprint density at radius 1 is 1.41 bits per heavy atom. The van der Waals surface area contributed by atoms with Crippen LogP contribution in [-0.4, -0.2) is 43.8 Å². The SMILES string of the molecule is COc1cccc(C2(O)CC[NH+](CC(=O)NC(C)C)CC2)c1. The minimum atomic E-state index is -0.813. The quantitative estimate of drug-likeness (QED) is 0.722. The van der Waals surface area contributed by atoms with Crippen LogP contribution < -0.4 is 15.0 Å². The standard InChI is InChI=1S/C17H26N2O3/c1-13(2)18-16(20)12-19-9-7-17(21,8-10-19)14-5-4-6-15(11-14)22-3/h4-6,11,13,21H,7-10,12H2,1-3H3,(H,18,20)/p+1. The first-order chi connectivity index (χ1) is 10.4. The molecule has 122 valence electrons. The first-order valence-electron chi connectivity index (χ1n) is 7.93. The molecule has 0 aliphatic carbocycles. The Balaban J connectivity index is 1.94. The van der Waals surface area contributed by atoms with Gasteiger partial charge in [-0.3, -0.25) is 4.79 Å². The van der Waals surface area contributed by atoms with Crippen LogP contribution in [-0.2, 0) is 10.4 Å². The van der Waals surface area contributed by atoms with Crippen molar-refractivity contribution >= 4 is 5.91 Å². The van der Waals surface area contributed by atoms with E-state index in [4.69, 9.17) is 4.74 Å². The van der Waals surface area contributed by atoms with Crippen LogP contribution in [0.1, 0.15) is 32.3 Å². The van der Waals surface area contributed by atoms with E-state index in [1.807, 2.05) is 38.1 Å². The van der Waals surface area contributed by atoms with Crippen molar-refractivity contribution in [3.05, 3.63) is 29.8 Å². The molecule has 2 rings (SSSR count). The largest absolute Gasteiger partial charge is 0.497 e. The molecule has 0 atom stereocenters. The van der Waals surface area contributed by atoms with Gasteiger partial charge in [0, 0.05) is 18.9 Å². The van der Waals surface area contributed by atoms with Gasteiger partial charge < -0.3 is 20.1 Å². The number of benzene rings is 1.